The summed E-state index contributed by atoms with van der Waals surface area (Å²) in [6.45, 7) is 2.07. The second-order valence-electron chi connectivity index (χ2n) is 9.24. The minimum atomic E-state index is -0.969. The number of fused-ring (bicyclic) bond motifs is 1. The number of imidazole rings is 1. The number of benzene rings is 1. The number of carbonyl (C=O) groups excluding carboxylic acids is 1. The van der Waals surface area contributed by atoms with Gasteiger partial charge in [-0.1, -0.05) is 35.6 Å². The lowest BCUT2D eigenvalue weighted by Gasteiger charge is -2.19. The lowest BCUT2D eigenvalue weighted by molar-refractivity contribution is 0.0937. The van der Waals surface area contributed by atoms with Gasteiger partial charge in [-0.25, -0.2) is 14.4 Å². The molecule has 35 heavy (non-hydrogen) atoms. The summed E-state index contributed by atoms with van der Waals surface area (Å²) in [5.41, 5.74) is 3.53. The zero-order valence-corrected chi connectivity index (χ0v) is 19.9. The van der Waals surface area contributed by atoms with Crippen molar-refractivity contribution in [3.8, 4) is 17.9 Å². The Balaban J connectivity index is 1.45. The highest BCUT2D eigenvalue weighted by Gasteiger charge is 2.40. The fourth-order valence-corrected chi connectivity index (χ4v) is 4.54. The number of nitrogens with one attached hydrogen (secondary N) is 1. The number of aryl methyl sites for hydroxylation is 1. The van der Waals surface area contributed by atoms with Crippen molar-refractivity contribution >= 4 is 17.5 Å². The minimum absolute atomic E-state index is 0.218. The maximum absolute atomic E-state index is 14.1. The van der Waals surface area contributed by atoms with Crippen molar-refractivity contribution in [3.05, 3.63) is 81.7 Å². The van der Waals surface area contributed by atoms with E-state index >= 15 is 0 Å². The first-order chi connectivity index (χ1) is 16.9. The van der Waals surface area contributed by atoms with Gasteiger partial charge in [-0.05, 0) is 49.6 Å². The van der Waals surface area contributed by atoms with Gasteiger partial charge in [0.25, 0.3) is 5.91 Å². The average Bonchev–Trinajstić information content (AvgIpc) is 3.34. The summed E-state index contributed by atoms with van der Waals surface area (Å²) in [7, 11) is 0. The Morgan fingerprint density at radius 3 is 2.83 bits per heavy atom. The van der Waals surface area contributed by atoms with Gasteiger partial charge in [-0.15, -0.1) is 0 Å². The summed E-state index contributed by atoms with van der Waals surface area (Å²) in [5.74, 6) is 5.96. The second-order valence-corrected chi connectivity index (χ2v) is 9.67. The van der Waals surface area contributed by atoms with Gasteiger partial charge in [0, 0.05) is 33.8 Å². The fraction of sp³-hybridized carbons (Fsp3) is 0.333. The molecule has 1 aliphatic heterocycles. The highest BCUT2D eigenvalue weighted by molar-refractivity contribution is 6.30. The topological polar surface area (TPSA) is 83.6 Å². The van der Waals surface area contributed by atoms with E-state index in [1.165, 1.54) is 0 Å². The number of nitriles is 1. The first-order valence-corrected chi connectivity index (χ1v) is 11.9. The van der Waals surface area contributed by atoms with Crippen molar-refractivity contribution in [2.24, 2.45) is 5.41 Å². The first-order valence-electron chi connectivity index (χ1n) is 11.5. The highest BCUT2D eigenvalue weighted by atomic mass is 35.5. The van der Waals surface area contributed by atoms with E-state index in [9.17, 15) is 9.18 Å². The number of aromatic nitrogens is 3. The van der Waals surface area contributed by atoms with Crippen LogP contribution in [0.3, 0.4) is 0 Å². The molecular formula is C27H23ClFN5O. The third-order valence-electron chi connectivity index (χ3n) is 6.47. The van der Waals surface area contributed by atoms with Gasteiger partial charge in [0.2, 0.25) is 0 Å². The van der Waals surface area contributed by atoms with Crippen molar-refractivity contribution in [3.63, 3.8) is 0 Å². The second kappa shape index (κ2) is 9.17. The Bertz CT molecular complexity index is 1390. The molecule has 8 heteroatoms. The molecule has 1 aromatic carbocycles. The predicted molar refractivity (Wildman–Crippen MR) is 129 cm³/mol. The Labute approximate surface area is 208 Å². The van der Waals surface area contributed by atoms with Gasteiger partial charge >= 0.3 is 0 Å². The van der Waals surface area contributed by atoms with E-state index in [0.29, 0.717) is 28.4 Å². The van der Waals surface area contributed by atoms with Gasteiger partial charge in [-0.3, -0.25) is 4.79 Å². The summed E-state index contributed by atoms with van der Waals surface area (Å²) in [5, 5.41) is 12.6. The van der Waals surface area contributed by atoms with Gasteiger partial charge < -0.3 is 9.88 Å². The quantitative estimate of drug-likeness (QED) is 0.529. The predicted octanol–water partition coefficient (Wildman–Crippen LogP) is 4.70. The van der Waals surface area contributed by atoms with Crippen molar-refractivity contribution in [2.75, 3.05) is 0 Å². The molecule has 0 spiro atoms. The normalized spacial score (nSPS) is 18.1. The molecule has 1 unspecified atom stereocenters. The molecular weight excluding hydrogens is 465 g/mol. The Morgan fingerprint density at radius 2 is 2.11 bits per heavy atom. The number of hydrogen-bond acceptors (Lipinski definition) is 4. The van der Waals surface area contributed by atoms with E-state index < -0.39 is 12.2 Å². The van der Waals surface area contributed by atoms with Crippen LogP contribution in [-0.4, -0.2) is 26.6 Å². The molecule has 0 bridgehead atoms. The highest BCUT2D eigenvalue weighted by Crippen LogP contribution is 2.47. The SMILES string of the molecule is Cc1cc(C#CC2(CC#N)CC2)cc(C(=O)NC(c2ccc(Cl)cc2)c2ncn3c2C[C@@H](F)C3)n1. The van der Waals surface area contributed by atoms with Gasteiger partial charge in [-0.2, -0.15) is 5.26 Å². The number of rotatable bonds is 5. The van der Waals surface area contributed by atoms with E-state index in [1.807, 2.05) is 25.1 Å². The molecule has 3 heterocycles. The number of halogens is 2. The molecule has 1 aliphatic carbocycles. The van der Waals surface area contributed by atoms with Crippen LogP contribution in [0, 0.1) is 35.5 Å². The molecule has 2 atom stereocenters. The molecule has 2 aliphatic rings. The van der Waals surface area contributed by atoms with Crippen LogP contribution >= 0.6 is 11.6 Å². The van der Waals surface area contributed by atoms with Crippen LogP contribution in [0.15, 0.2) is 42.7 Å². The molecule has 1 amide bonds. The maximum Gasteiger partial charge on any atom is 0.270 e. The minimum Gasteiger partial charge on any atom is -0.338 e. The van der Waals surface area contributed by atoms with Crippen molar-refractivity contribution < 1.29 is 9.18 Å². The molecule has 176 valence electrons. The summed E-state index contributed by atoms with van der Waals surface area (Å²) in [6, 6.07) is 12.2. The van der Waals surface area contributed by atoms with E-state index in [-0.39, 0.29) is 30.0 Å². The van der Waals surface area contributed by atoms with Gasteiger partial charge in [0.05, 0.1) is 37.1 Å². The van der Waals surface area contributed by atoms with Crippen LogP contribution < -0.4 is 5.32 Å². The maximum atomic E-state index is 14.1. The smallest absolute Gasteiger partial charge is 0.270 e. The molecule has 1 saturated carbocycles. The molecule has 1 N–H and O–H groups in total. The average molecular weight is 488 g/mol. The number of nitrogens with zero attached hydrogens (tertiary/aromatic N) is 4. The number of alkyl halides is 1. The van der Waals surface area contributed by atoms with Crippen molar-refractivity contribution in [1.82, 2.24) is 19.9 Å². The monoisotopic (exact) mass is 487 g/mol. The van der Waals surface area contributed by atoms with Crippen LogP contribution in [0.5, 0.6) is 0 Å². The van der Waals surface area contributed by atoms with Crippen molar-refractivity contribution in [1.29, 1.82) is 5.26 Å². The lowest BCUT2D eigenvalue weighted by Crippen LogP contribution is -2.31. The van der Waals surface area contributed by atoms with E-state index in [2.05, 4.69) is 33.2 Å². The molecule has 6 nitrogen and oxygen atoms in total. The third kappa shape index (κ3) is 4.92. The number of carbonyl (C=O) groups is 1. The zero-order valence-electron chi connectivity index (χ0n) is 19.2. The Hall–Kier alpha value is -3.68. The number of hydrogen-bond donors (Lipinski definition) is 1. The lowest BCUT2D eigenvalue weighted by atomic mass is 10.0. The standard InChI is InChI=1S/C27H23ClFN5O/c1-17-12-18(6-7-27(8-9-27)10-11-30)13-22(32-17)26(35)33-24(19-2-4-20(28)5-3-19)25-23-14-21(29)15-34(23)16-31-25/h2-5,12-13,16,21,24H,8-10,14-15H2,1H3,(H,33,35)/t21-,24?/m1/s1. The van der Waals surface area contributed by atoms with Crippen LogP contribution in [0.1, 0.15) is 64.0 Å². The van der Waals surface area contributed by atoms with E-state index in [4.69, 9.17) is 16.9 Å². The first kappa shape index (κ1) is 23.1. The third-order valence-corrected chi connectivity index (χ3v) is 6.72. The van der Waals surface area contributed by atoms with E-state index in [1.54, 1.807) is 29.1 Å². The van der Waals surface area contributed by atoms with Crippen LogP contribution in [-0.2, 0) is 13.0 Å². The number of amides is 1. The summed E-state index contributed by atoms with van der Waals surface area (Å²) < 4.78 is 15.9. The molecule has 5 rings (SSSR count). The van der Waals surface area contributed by atoms with E-state index in [0.717, 1.165) is 24.1 Å². The molecule has 0 saturated heterocycles. The zero-order chi connectivity index (χ0) is 24.6. The Kier molecular flexibility index (Phi) is 6.05. The van der Waals surface area contributed by atoms with Gasteiger partial charge in [0.1, 0.15) is 11.9 Å². The van der Waals surface area contributed by atoms with Crippen LogP contribution in [0.4, 0.5) is 4.39 Å². The van der Waals surface area contributed by atoms with Crippen molar-refractivity contribution in [2.45, 2.75) is 51.4 Å². The molecule has 3 aromatic rings. The molecule has 2 aromatic heterocycles. The molecule has 1 fully saturated rings. The van der Waals surface area contributed by atoms with Crippen LogP contribution in [0.2, 0.25) is 5.02 Å². The summed E-state index contributed by atoms with van der Waals surface area (Å²) in [6.07, 6.45) is 3.15. The largest absolute Gasteiger partial charge is 0.338 e. The fourth-order valence-electron chi connectivity index (χ4n) is 4.41. The number of pyridine rings is 1. The van der Waals surface area contributed by atoms with Gasteiger partial charge in [0.15, 0.2) is 0 Å². The summed E-state index contributed by atoms with van der Waals surface area (Å²) in [4.78, 5) is 22.3. The summed E-state index contributed by atoms with van der Waals surface area (Å²) >= 11 is 6.08. The van der Waals surface area contributed by atoms with Crippen LogP contribution in [0.25, 0.3) is 0 Å². The Morgan fingerprint density at radius 1 is 1.34 bits per heavy atom. The molecule has 0 radical (unpaired) electrons.